The molecule has 7 nitrogen and oxygen atoms in total. The van der Waals surface area contributed by atoms with Crippen LogP contribution in [-0.2, 0) is 6.54 Å². The maximum absolute atomic E-state index is 10.3. The van der Waals surface area contributed by atoms with Gasteiger partial charge in [-0.1, -0.05) is 0 Å². The molecule has 2 rings (SSSR count). The Labute approximate surface area is 80.2 Å². The number of hydrogen-bond acceptors (Lipinski definition) is 5. The number of nitrogens with zero attached hydrogens (tertiary/aromatic N) is 4. The number of nitrogens with one attached hydrogen (secondary N) is 1. The van der Waals surface area contributed by atoms with Gasteiger partial charge in [0.25, 0.3) is 0 Å². The van der Waals surface area contributed by atoms with Gasteiger partial charge >= 0.3 is 5.82 Å². The van der Waals surface area contributed by atoms with E-state index in [9.17, 15) is 10.1 Å². The van der Waals surface area contributed by atoms with Crippen molar-refractivity contribution < 1.29 is 4.92 Å². The van der Waals surface area contributed by atoms with Crippen LogP contribution in [0.2, 0.25) is 0 Å². The summed E-state index contributed by atoms with van der Waals surface area (Å²) in [5.41, 5.74) is 0. The van der Waals surface area contributed by atoms with Gasteiger partial charge in [-0.3, -0.25) is 0 Å². The second-order valence-electron chi connectivity index (χ2n) is 3.41. The van der Waals surface area contributed by atoms with Gasteiger partial charge in [-0.25, -0.2) is 4.68 Å². The molecule has 0 saturated carbocycles. The smallest absolute Gasteiger partial charge is 0.358 e. The summed E-state index contributed by atoms with van der Waals surface area (Å²) in [5, 5.41) is 20.7. The van der Waals surface area contributed by atoms with Crippen LogP contribution in [0, 0.1) is 16.0 Å². The Kier molecular flexibility index (Phi) is 2.40. The molecule has 0 bridgehead atoms. The summed E-state index contributed by atoms with van der Waals surface area (Å²) in [4.78, 5) is 9.80. The van der Waals surface area contributed by atoms with Gasteiger partial charge in [-0.15, -0.1) is 0 Å². The molecule has 0 spiro atoms. The molecule has 7 heteroatoms. The molecule has 0 aromatic carbocycles. The summed E-state index contributed by atoms with van der Waals surface area (Å²) in [7, 11) is 0. The van der Waals surface area contributed by atoms with Crippen molar-refractivity contribution in [1.29, 1.82) is 0 Å². The largest absolute Gasteiger partial charge is 0.410 e. The van der Waals surface area contributed by atoms with Crippen LogP contribution in [0.3, 0.4) is 0 Å². The van der Waals surface area contributed by atoms with Crippen molar-refractivity contribution in [3.63, 3.8) is 0 Å². The highest BCUT2D eigenvalue weighted by molar-refractivity contribution is 5.08. The fourth-order valence-electron chi connectivity index (χ4n) is 1.60. The predicted molar refractivity (Wildman–Crippen MR) is 47.7 cm³/mol. The minimum absolute atomic E-state index is 0.184. The Hall–Kier alpha value is -1.50. The van der Waals surface area contributed by atoms with Gasteiger partial charge in [0.1, 0.15) is 11.3 Å². The lowest BCUT2D eigenvalue weighted by molar-refractivity contribution is -0.389. The minimum Gasteiger partial charge on any atom is -0.358 e. The maximum Gasteiger partial charge on any atom is 0.410 e. The molecule has 1 aliphatic rings. The molecule has 76 valence electrons. The van der Waals surface area contributed by atoms with E-state index in [1.54, 1.807) is 0 Å². The molecule has 0 radical (unpaired) electrons. The summed E-state index contributed by atoms with van der Waals surface area (Å²) in [5.74, 6) is 0.326. The zero-order valence-corrected chi connectivity index (χ0v) is 7.59. The van der Waals surface area contributed by atoms with Crippen molar-refractivity contribution >= 4 is 5.82 Å². The van der Waals surface area contributed by atoms with E-state index in [1.807, 2.05) is 0 Å². The molecule has 1 aromatic rings. The van der Waals surface area contributed by atoms with Crippen LogP contribution in [0.25, 0.3) is 0 Å². The van der Waals surface area contributed by atoms with Gasteiger partial charge in [0.2, 0.25) is 0 Å². The Morgan fingerprint density at radius 1 is 1.79 bits per heavy atom. The Morgan fingerprint density at radius 3 is 3.21 bits per heavy atom. The Bertz CT molecular complexity index is 331. The van der Waals surface area contributed by atoms with Gasteiger partial charge in [-0.05, 0) is 30.4 Å². The molecule has 1 N–H and O–H groups in total. The van der Waals surface area contributed by atoms with Crippen molar-refractivity contribution in [2.45, 2.75) is 13.0 Å². The molecular formula is C7H11N5O2. The molecule has 1 saturated heterocycles. The van der Waals surface area contributed by atoms with Crippen LogP contribution >= 0.6 is 0 Å². The van der Waals surface area contributed by atoms with Crippen LogP contribution in [0.1, 0.15) is 6.42 Å². The van der Waals surface area contributed by atoms with Crippen molar-refractivity contribution in [1.82, 2.24) is 20.3 Å². The monoisotopic (exact) mass is 197 g/mol. The van der Waals surface area contributed by atoms with Gasteiger partial charge in [-0.2, -0.15) is 0 Å². The second-order valence-corrected chi connectivity index (χ2v) is 3.41. The molecule has 14 heavy (non-hydrogen) atoms. The summed E-state index contributed by atoms with van der Waals surface area (Å²) in [6.07, 6.45) is 2.46. The van der Waals surface area contributed by atoms with Crippen LogP contribution < -0.4 is 5.32 Å². The topological polar surface area (TPSA) is 85.9 Å². The number of rotatable bonds is 3. The molecule has 2 heterocycles. The normalized spacial score (nSPS) is 21.3. The van der Waals surface area contributed by atoms with E-state index >= 15 is 0 Å². The van der Waals surface area contributed by atoms with Gasteiger partial charge in [0, 0.05) is 6.54 Å². The third kappa shape index (κ3) is 1.87. The van der Waals surface area contributed by atoms with Gasteiger partial charge in [0.15, 0.2) is 0 Å². The maximum atomic E-state index is 10.3. The summed E-state index contributed by atoms with van der Waals surface area (Å²) in [6.45, 7) is 2.67. The SMILES string of the molecule is O=[N+]([O-])c1cn(CC2CCNC2)nn1. The highest BCUT2D eigenvalue weighted by Gasteiger charge is 2.18. The van der Waals surface area contributed by atoms with Crippen LogP contribution in [-0.4, -0.2) is 33.0 Å². The van der Waals surface area contributed by atoms with E-state index in [0.717, 1.165) is 19.5 Å². The summed E-state index contributed by atoms with van der Waals surface area (Å²) >= 11 is 0. The quantitative estimate of drug-likeness (QED) is 0.535. The van der Waals surface area contributed by atoms with E-state index in [0.29, 0.717) is 12.5 Å². The zero-order valence-electron chi connectivity index (χ0n) is 7.59. The van der Waals surface area contributed by atoms with E-state index in [4.69, 9.17) is 0 Å². The predicted octanol–water partition coefficient (Wildman–Crippen LogP) is -0.204. The minimum atomic E-state index is -0.531. The molecule has 0 amide bonds. The molecule has 0 aliphatic carbocycles. The van der Waals surface area contributed by atoms with Gasteiger partial charge in [0.05, 0.1) is 5.21 Å². The number of hydrogen-bond donors (Lipinski definition) is 1. The lowest BCUT2D eigenvalue weighted by Crippen LogP contribution is -2.14. The first-order valence-electron chi connectivity index (χ1n) is 4.51. The van der Waals surface area contributed by atoms with Gasteiger partial charge < -0.3 is 15.4 Å². The third-order valence-corrected chi connectivity index (χ3v) is 2.32. The first-order chi connectivity index (χ1) is 6.75. The van der Waals surface area contributed by atoms with E-state index in [2.05, 4.69) is 15.6 Å². The standard InChI is InChI=1S/C7H11N5O2/c13-12(14)7-5-11(10-9-7)4-6-1-2-8-3-6/h5-6,8H,1-4H2. The van der Waals surface area contributed by atoms with E-state index in [1.165, 1.54) is 10.9 Å². The molecule has 1 unspecified atom stereocenters. The lowest BCUT2D eigenvalue weighted by atomic mass is 10.1. The Morgan fingerprint density at radius 2 is 2.64 bits per heavy atom. The first kappa shape index (κ1) is 9.07. The highest BCUT2D eigenvalue weighted by atomic mass is 16.6. The van der Waals surface area contributed by atoms with Crippen molar-refractivity contribution in [2.75, 3.05) is 13.1 Å². The lowest BCUT2D eigenvalue weighted by Gasteiger charge is -2.04. The molecular weight excluding hydrogens is 186 g/mol. The molecule has 1 fully saturated rings. The van der Waals surface area contributed by atoms with E-state index in [-0.39, 0.29) is 5.82 Å². The fourth-order valence-corrected chi connectivity index (χ4v) is 1.60. The number of aromatic nitrogens is 3. The second kappa shape index (κ2) is 3.70. The molecule has 1 aromatic heterocycles. The van der Waals surface area contributed by atoms with Crippen molar-refractivity contribution in [3.8, 4) is 0 Å². The zero-order chi connectivity index (χ0) is 9.97. The number of nitro groups is 1. The average Bonchev–Trinajstić information content (AvgIpc) is 2.75. The average molecular weight is 197 g/mol. The first-order valence-corrected chi connectivity index (χ1v) is 4.51. The molecule has 1 atom stereocenters. The van der Waals surface area contributed by atoms with Crippen LogP contribution in [0.4, 0.5) is 5.82 Å². The Balaban J connectivity index is 1.98. The fraction of sp³-hybridized carbons (Fsp3) is 0.714. The summed E-state index contributed by atoms with van der Waals surface area (Å²) < 4.78 is 1.54. The molecule has 1 aliphatic heterocycles. The van der Waals surface area contributed by atoms with Crippen molar-refractivity contribution in [2.24, 2.45) is 5.92 Å². The van der Waals surface area contributed by atoms with Crippen LogP contribution in [0.5, 0.6) is 0 Å². The van der Waals surface area contributed by atoms with E-state index < -0.39 is 4.92 Å². The highest BCUT2D eigenvalue weighted by Crippen LogP contribution is 2.11. The van der Waals surface area contributed by atoms with Crippen LogP contribution in [0.15, 0.2) is 6.20 Å². The summed E-state index contributed by atoms with van der Waals surface area (Å²) in [6, 6.07) is 0. The third-order valence-electron chi connectivity index (χ3n) is 2.32. The van der Waals surface area contributed by atoms with Crippen molar-refractivity contribution in [3.05, 3.63) is 16.3 Å².